The van der Waals surface area contributed by atoms with Crippen LogP contribution in [-0.2, 0) is 4.79 Å². The number of nitrogens with zero attached hydrogens (tertiary/aromatic N) is 1. The van der Waals surface area contributed by atoms with Gasteiger partial charge in [-0.1, -0.05) is 6.92 Å². The Kier molecular flexibility index (Phi) is 5.22. The second kappa shape index (κ2) is 6.78. The summed E-state index contributed by atoms with van der Waals surface area (Å²) in [6.07, 6.45) is 3.23. The molecule has 1 aromatic rings. The van der Waals surface area contributed by atoms with Gasteiger partial charge in [-0.15, -0.1) is 0 Å². The Balaban J connectivity index is 2.23. The molecule has 0 radical (unpaired) electrons. The number of quaternary nitrogens is 1. The number of hydrogen-bond donors (Lipinski definition) is 1. The van der Waals surface area contributed by atoms with Crippen LogP contribution in [0.15, 0.2) is 12.1 Å². The quantitative estimate of drug-likeness (QED) is 0.824. The number of likely N-dealkylation sites (tertiary alicyclic amines) is 1. The van der Waals surface area contributed by atoms with Gasteiger partial charge in [0, 0.05) is 24.9 Å². The number of benzene rings is 1. The van der Waals surface area contributed by atoms with Gasteiger partial charge in [0.25, 0.3) is 5.91 Å². The SMILES string of the molecule is CCC(C(=O)Nc1c(C)cc(F)cc1C)[N+]1(CC)CCCC1. The molecule has 1 N–H and O–H groups in total. The van der Waals surface area contributed by atoms with Crippen molar-refractivity contribution in [2.75, 3.05) is 25.0 Å². The maximum absolute atomic E-state index is 13.4. The topological polar surface area (TPSA) is 29.1 Å². The van der Waals surface area contributed by atoms with Crippen LogP contribution < -0.4 is 5.32 Å². The van der Waals surface area contributed by atoms with Crippen molar-refractivity contribution in [3.05, 3.63) is 29.1 Å². The molecular weight excluding hydrogens is 279 g/mol. The van der Waals surface area contributed by atoms with Gasteiger partial charge < -0.3 is 9.80 Å². The van der Waals surface area contributed by atoms with Crippen LogP contribution in [0.4, 0.5) is 10.1 Å². The maximum Gasteiger partial charge on any atom is 0.282 e. The molecule has 1 unspecified atom stereocenters. The summed E-state index contributed by atoms with van der Waals surface area (Å²) in [7, 11) is 0. The van der Waals surface area contributed by atoms with Crippen molar-refractivity contribution in [2.24, 2.45) is 0 Å². The van der Waals surface area contributed by atoms with Crippen LogP contribution in [0, 0.1) is 19.7 Å². The molecular formula is C18H28FN2O+. The standard InChI is InChI=1S/C18H27FN2O/c1-5-16(21(6-2)9-7-8-10-21)18(22)20-17-13(3)11-15(19)12-14(17)4/h11-12,16H,5-10H2,1-4H3/p+1. The summed E-state index contributed by atoms with van der Waals surface area (Å²) in [4.78, 5) is 12.9. The number of halogens is 1. The molecule has 122 valence electrons. The molecule has 0 bridgehead atoms. The van der Waals surface area contributed by atoms with E-state index in [9.17, 15) is 9.18 Å². The third kappa shape index (κ3) is 3.17. The zero-order valence-electron chi connectivity index (χ0n) is 14.2. The summed E-state index contributed by atoms with van der Waals surface area (Å²) >= 11 is 0. The van der Waals surface area contributed by atoms with E-state index in [1.807, 2.05) is 13.8 Å². The lowest BCUT2D eigenvalue weighted by Gasteiger charge is -2.39. The van der Waals surface area contributed by atoms with Gasteiger partial charge in [-0.2, -0.15) is 0 Å². The highest BCUT2D eigenvalue weighted by molar-refractivity contribution is 5.95. The molecule has 2 rings (SSSR count). The highest BCUT2D eigenvalue weighted by atomic mass is 19.1. The fraction of sp³-hybridized carbons (Fsp3) is 0.611. The Morgan fingerprint density at radius 3 is 2.23 bits per heavy atom. The lowest BCUT2D eigenvalue weighted by Crippen LogP contribution is -2.57. The number of carbonyl (C=O) groups excluding carboxylic acids is 1. The van der Waals surface area contributed by atoms with Gasteiger partial charge in [-0.3, -0.25) is 4.79 Å². The average molecular weight is 307 g/mol. The number of amides is 1. The molecule has 0 aliphatic carbocycles. The third-order valence-electron chi connectivity index (χ3n) is 5.18. The van der Waals surface area contributed by atoms with Crippen LogP contribution in [0.5, 0.6) is 0 Å². The molecule has 3 nitrogen and oxygen atoms in total. The summed E-state index contributed by atoms with van der Waals surface area (Å²) in [6, 6.07) is 2.93. The van der Waals surface area contributed by atoms with Crippen molar-refractivity contribution in [1.82, 2.24) is 0 Å². The maximum atomic E-state index is 13.4. The van der Waals surface area contributed by atoms with E-state index < -0.39 is 0 Å². The van der Waals surface area contributed by atoms with Crippen LogP contribution in [0.1, 0.15) is 44.2 Å². The van der Waals surface area contributed by atoms with Crippen molar-refractivity contribution in [3.63, 3.8) is 0 Å². The lowest BCUT2D eigenvalue weighted by atomic mass is 10.1. The highest BCUT2D eigenvalue weighted by Gasteiger charge is 2.41. The van der Waals surface area contributed by atoms with Crippen LogP contribution in [0.25, 0.3) is 0 Å². The van der Waals surface area contributed by atoms with Crippen molar-refractivity contribution in [3.8, 4) is 0 Å². The first-order valence-corrected chi connectivity index (χ1v) is 8.37. The molecule has 1 fully saturated rings. The molecule has 1 aromatic carbocycles. The molecule has 22 heavy (non-hydrogen) atoms. The predicted octanol–water partition coefficient (Wildman–Crippen LogP) is 3.79. The van der Waals surface area contributed by atoms with E-state index >= 15 is 0 Å². The predicted molar refractivity (Wildman–Crippen MR) is 88.4 cm³/mol. The van der Waals surface area contributed by atoms with E-state index in [-0.39, 0.29) is 17.8 Å². The Labute approximate surface area is 133 Å². The van der Waals surface area contributed by atoms with E-state index in [0.717, 1.165) is 47.4 Å². The van der Waals surface area contributed by atoms with E-state index in [2.05, 4.69) is 19.2 Å². The molecule has 1 heterocycles. The van der Waals surface area contributed by atoms with E-state index in [1.54, 1.807) is 0 Å². The van der Waals surface area contributed by atoms with Gasteiger partial charge in [-0.05, 0) is 44.0 Å². The monoisotopic (exact) mass is 307 g/mol. The summed E-state index contributed by atoms with van der Waals surface area (Å²) in [5, 5.41) is 3.07. The first-order chi connectivity index (χ1) is 10.4. The minimum atomic E-state index is -0.253. The first kappa shape index (κ1) is 16.9. The fourth-order valence-electron chi connectivity index (χ4n) is 3.95. The molecule has 1 aliphatic rings. The summed E-state index contributed by atoms with van der Waals surface area (Å²) in [6.45, 7) is 11.1. The number of anilines is 1. The van der Waals surface area contributed by atoms with Gasteiger partial charge in [0.2, 0.25) is 0 Å². The van der Waals surface area contributed by atoms with Crippen molar-refractivity contribution < 1.29 is 13.7 Å². The van der Waals surface area contributed by atoms with Crippen molar-refractivity contribution in [2.45, 2.75) is 53.0 Å². The number of aryl methyl sites for hydroxylation is 2. The molecule has 1 atom stereocenters. The van der Waals surface area contributed by atoms with Crippen LogP contribution in [0.3, 0.4) is 0 Å². The number of rotatable bonds is 5. The molecule has 1 amide bonds. The van der Waals surface area contributed by atoms with Gasteiger partial charge in [-0.25, -0.2) is 4.39 Å². The second-order valence-electron chi connectivity index (χ2n) is 6.52. The number of carbonyl (C=O) groups is 1. The highest BCUT2D eigenvalue weighted by Crippen LogP contribution is 2.28. The summed E-state index contributed by atoms with van der Waals surface area (Å²) in [5.74, 6) is -0.180. The average Bonchev–Trinajstić information content (AvgIpc) is 2.93. The Hall–Kier alpha value is -1.42. The first-order valence-electron chi connectivity index (χ1n) is 8.37. The lowest BCUT2D eigenvalue weighted by molar-refractivity contribution is -0.930. The molecule has 0 aromatic heterocycles. The minimum absolute atomic E-state index is 0.0173. The summed E-state index contributed by atoms with van der Waals surface area (Å²) in [5.41, 5.74) is 2.33. The Morgan fingerprint density at radius 2 is 1.77 bits per heavy atom. The van der Waals surface area contributed by atoms with Crippen molar-refractivity contribution >= 4 is 11.6 Å². The summed E-state index contributed by atoms with van der Waals surface area (Å²) < 4.78 is 14.3. The smallest absolute Gasteiger partial charge is 0.282 e. The molecule has 4 heteroatoms. The zero-order valence-corrected chi connectivity index (χ0v) is 14.2. The second-order valence-corrected chi connectivity index (χ2v) is 6.52. The minimum Gasteiger partial charge on any atom is -0.320 e. The normalized spacial score (nSPS) is 18.2. The van der Waals surface area contributed by atoms with Gasteiger partial charge in [0.05, 0.1) is 19.6 Å². The molecule has 0 saturated carbocycles. The van der Waals surface area contributed by atoms with Crippen molar-refractivity contribution in [1.29, 1.82) is 0 Å². The Morgan fingerprint density at radius 1 is 1.23 bits per heavy atom. The molecule has 0 spiro atoms. The van der Waals surface area contributed by atoms with Crippen LogP contribution in [-0.4, -0.2) is 36.1 Å². The largest absolute Gasteiger partial charge is 0.320 e. The fourth-order valence-corrected chi connectivity index (χ4v) is 3.95. The number of hydrogen-bond acceptors (Lipinski definition) is 1. The van der Waals surface area contributed by atoms with E-state index in [4.69, 9.17) is 0 Å². The Bertz CT molecular complexity index is 527. The third-order valence-corrected chi connectivity index (χ3v) is 5.18. The van der Waals surface area contributed by atoms with Gasteiger partial charge in [0.15, 0.2) is 6.04 Å². The molecule has 1 saturated heterocycles. The number of likely N-dealkylation sites (N-methyl/N-ethyl adjacent to an activating group) is 1. The zero-order chi connectivity index (χ0) is 16.3. The van der Waals surface area contributed by atoms with Crippen LogP contribution >= 0.6 is 0 Å². The molecule has 1 aliphatic heterocycles. The van der Waals surface area contributed by atoms with E-state index in [0.29, 0.717) is 0 Å². The van der Waals surface area contributed by atoms with E-state index in [1.165, 1.54) is 25.0 Å². The van der Waals surface area contributed by atoms with Gasteiger partial charge in [0.1, 0.15) is 5.82 Å². The van der Waals surface area contributed by atoms with Gasteiger partial charge >= 0.3 is 0 Å². The van der Waals surface area contributed by atoms with Crippen LogP contribution in [0.2, 0.25) is 0 Å². The number of nitrogens with one attached hydrogen (secondary N) is 1.